The zero-order valence-electron chi connectivity index (χ0n) is 7.65. The number of hydrogen-bond acceptors (Lipinski definition) is 3. The van der Waals surface area contributed by atoms with Gasteiger partial charge in [0.15, 0.2) is 0 Å². The molecule has 0 aliphatic carbocycles. The quantitative estimate of drug-likeness (QED) is 0.625. The first-order valence-electron chi connectivity index (χ1n) is 3.49. The average Bonchev–Trinajstić information content (AvgIpc) is 3.05. The standard InChI is InChI=1S/2C3H6.3CO.Ru/c2*1-3-2;3*1-2;/h2*3H,1H2,2H3;;;;. The van der Waals surface area contributed by atoms with Gasteiger partial charge in [-0.25, -0.2) is 0 Å². The fraction of sp³-hybridized carbons (Fsp3) is 0.667. The average molecular weight is 269 g/mol. The number of rotatable bonds is 0. The number of carbonyl (C=O) groups excluding carboxylic acids is 3. The minimum Gasteiger partial charge on any atom is -0.281 e. The molecule has 74 valence electrons. The topological polar surface area (TPSA) is 51.2 Å². The third-order valence-electron chi connectivity index (χ3n) is 2.13. The summed E-state index contributed by atoms with van der Waals surface area (Å²) in [5.41, 5.74) is 0. The van der Waals surface area contributed by atoms with Gasteiger partial charge in [0, 0.05) is 0 Å². The van der Waals surface area contributed by atoms with E-state index in [0.29, 0.717) is 0 Å². The second-order valence-electron chi connectivity index (χ2n) is 2.67. The van der Waals surface area contributed by atoms with Crippen LogP contribution in [0.25, 0.3) is 0 Å². The molecule has 0 saturated carbocycles. The van der Waals surface area contributed by atoms with Crippen molar-refractivity contribution >= 4 is 20.4 Å². The Balaban J connectivity index is 0. The van der Waals surface area contributed by atoms with Crippen molar-refractivity contribution in [2.75, 3.05) is 0 Å². The summed E-state index contributed by atoms with van der Waals surface area (Å²) >= 11 is -0.594. The second kappa shape index (κ2) is 7.08. The maximum absolute atomic E-state index is 7.50. The van der Waals surface area contributed by atoms with Crippen molar-refractivity contribution in [2.45, 2.75) is 32.9 Å². The van der Waals surface area contributed by atoms with Crippen LogP contribution < -0.4 is 0 Å². The summed E-state index contributed by atoms with van der Waals surface area (Å²) < 4.78 is 2.51. The van der Waals surface area contributed by atoms with E-state index in [1.807, 2.05) is 0 Å². The molecule has 0 aromatic carbocycles. The van der Waals surface area contributed by atoms with Crippen LogP contribution in [-0.2, 0) is 29.2 Å². The van der Waals surface area contributed by atoms with Crippen molar-refractivity contribution < 1.29 is 29.2 Å². The maximum atomic E-state index is 7.50. The predicted octanol–water partition coefficient (Wildman–Crippen LogP) is 1.43. The van der Waals surface area contributed by atoms with Crippen molar-refractivity contribution in [3.63, 3.8) is 0 Å². The molecule has 2 aliphatic heterocycles. The molecular formula is C9H12O3Ru. The van der Waals surface area contributed by atoms with E-state index < -0.39 is 14.8 Å². The summed E-state index contributed by atoms with van der Waals surface area (Å²) in [6, 6.07) is 0. The third kappa shape index (κ3) is 3.47. The molecule has 6 radical (unpaired) electrons. The Kier molecular flexibility index (Phi) is 8.23. The molecule has 2 aliphatic rings. The first kappa shape index (κ1) is 15.1. The van der Waals surface area contributed by atoms with E-state index in [0.717, 1.165) is 0 Å². The molecule has 0 aromatic heterocycles. The van der Waals surface area contributed by atoms with Crippen LogP contribution in [0.5, 0.6) is 0 Å². The van der Waals surface area contributed by atoms with E-state index in [1.165, 1.54) is 9.02 Å². The van der Waals surface area contributed by atoms with Crippen molar-refractivity contribution in [1.82, 2.24) is 0 Å². The summed E-state index contributed by atoms with van der Waals surface area (Å²) in [5, 5.41) is 3.41. The fourth-order valence-electron chi connectivity index (χ4n) is 1.36. The van der Waals surface area contributed by atoms with Gasteiger partial charge in [-0.05, 0) is 0 Å². The normalized spacial score (nSPS) is 41.4. The van der Waals surface area contributed by atoms with Crippen LogP contribution in [0.15, 0.2) is 0 Å². The van der Waals surface area contributed by atoms with Crippen LogP contribution in [0.3, 0.4) is 0 Å². The van der Waals surface area contributed by atoms with Gasteiger partial charge in [-0.15, -0.1) is 0 Å². The van der Waals surface area contributed by atoms with E-state index in [1.54, 1.807) is 10.0 Å². The molecule has 2 unspecified atom stereocenters. The minimum atomic E-state index is -0.594. The largest absolute Gasteiger partial charge is 0.281 e. The summed E-state index contributed by atoms with van der Waals surface area (Å²) in [6.07, 6.45) is 0. The van der Waals surface area contributed by atoms with Gasteiger partial charge in [0.25, 0.3) is 20.4 Å². The summed E-state index contributed by atoms with van der Waals surface area (Å²) in [6.45, 7) is 18.4. The van der Waals surface area contributed by atoms with Crippen molar-refractivity contribution in [3.05, 3.63) is 0 Å². The molecule has 2 fully saturated rings. The Labute approximate surface area is 82.7 Å². The van der Waals surface area contributed by atoms with Crippen molar-refractivity contribution in [2.24, 2.45) is 0 Å². The molecule has 4 heteroatoms. The Morgan fingerprint density at radius 3 is 1.00 bits per heavy atom. The molecule has 0 bridgehead atoms. The molecule has 2 saturated heterocycles. The Morgan fingerprint density at radius 2 is 1.00 bits per heavy atom. The molecule has 0 N–H and O–H groups in total. The molecule has 2 atom stereocenters. The zero-order valence-corrected chi connectivity index (χ0v) is 9.39. The number of hydrogen-bond donors (Lipinski definition) is 0. The summed E-state index contributed by atoms with van der Waals surface area (Å²) in [5.74, 6) is 0. The molecule has 13 heavy (non-hydrogen) atoms. The summed E-state index contributed by atoms with van der Waals surface area (Å²) in [7, 11) is 0. The molecule has 2 rings (SSSR count). The monoisotopic (exact) mass is 270 g/mol. The predicted molar refractivity (Wildman–Crippen MR) is 45.5 cm³/mol. The van der Waals surface area contributed by atoms with Gasteiger partial charge in [0.1, 0.15) is 0 Å². The molecular weight excluding hydrogens is 257 g/mol. The van der Waals surface area contributed by atoms with Crippen LogP contribution in [0.1, 0.15) is 13.8 Å². The van der Waals surface area contributed by atoms with Crippen LogP contribution in [0.4, 0.5) is 0 Å². The Morgan fingerprint density at radius 1 is 0.846 bits per heavy atom. The van der Waals surface area contributed by atoms with Gasteiger partial charge in [0.05, 0.1) is 0 Å². The Bertz CT molecular complexity index is 133. The van der Waals surface area contributed by atoms with Crippen LogP contribution in [0, 0.1) is 0 Å². The van der Waals surface area contributed by atoms with Crippen molar-refractivity contribution in [3.8, 4) is 0 Å². The fourth-order valence-corrected chi connectivity index (χ4v) is 11.8. The van der Waals surface area contributed by atoms with E-state index in [-0.39, 0.29) is 0 Å². The van der Waals surface area contributed by atoms with Crippen LogP contribution >= 0.6 is 0 Å². The molecule has 2 heterocycles. The molecule has 1 spiro atoms. The van der Waals surface area contributed by atoms with E-state index in [2.05, 4.69) is 34.2 Å². The zero-order chi connectivity index (χ0) is 11.1. The molecule has 3 nitrogen and oxygen atoms in total. The van der Waals surface area contributed by atoms with E-state index in [4.69, 9.17) is 14.4 Å². The van der Waals surface area contributed by atoms with Crippen LogP contribution in [-0.4, -0.2) is 20.4 Å². The van der Waals surface area contributed by atoms with E-state index >= 15 is 0 Å². The first-order chi connectivity index (χ1) is 6.26. The van der Waals surface area contributed by atoms with Crippen LogP contribution in [0.2, 0.25) is 19.1 Å². The van der Waals surface area contributed by atoms with Gasteiger partial charge in [-0.1, -0.05) is 0 Å². The second-order valence-corrected chi connectivity index (χ2v) is 11.8. The minimum absolute atomic E-state index is 0.594. The van der Waals surface area contributed by atoms with Gasteiger partial charge >= 0.3 is 47.7 Å². The Hall–Kier alpha value is -0.367. The van der Waals surface area contributed by atoms with Gasteiger partial charge in [-0.2, -0.15) is 0 Å². The molecule has 0 amide bonds. The van der Waals surface area contributed by atoms with E-state index in [9.17, 15) is 0 Å². The van der Waals surface area contributed by atoms with Gasteiger partial charge < -0.3 is 0 Å². The smallest absolute Gasteiger partial charge is 0.281 e. The van der Waals surface area contributed by atoms with Gasteiger partial charge in [-0.3, -0.25) is 14.4 Å². The van der Waals surface area contributed by atoms with Gasteiger partial charge in [0.2, 0.25) is 0 Å². The van der Waals surface area contributed by atoms with Crippen molar-refractivity contribution in [1.29, 1.82) is 0 Å². The first-order valence-corrected chi connectivity index (χ1v) is 7.96. The maximum Gasteiger partial charge on any atom is 0.281 e. The third-order valence-corrected chi connectivity index (χ3v) is 12.6. The molecule has 0 aromatic rings. The SMILES string of the molecule is C[CH]1[CH2][Ru]12[CH2][CH]2C.[C]=O.[C]=O.[C]=O. The summed E-state index contributed by atoms with van der Waals surface area (Å²) in [4.78, 5) is 22.5.